The lowest BCUT2D eigenvalue weighted by atomic mass is 10.1. The van der Waals surface area contributed by atoms with Gasteiger partial charge in [0.1, 0.15) is 17.4 Å². The summed E-state index contributed by atoms with van der Waals surface area (Å²) in [5, 5.41) is 12.9. The number of methoxy groups -OCH3 is 1. The summed E-state index contributed by atoms with van der Waals surface area (Å²) in [4.78, 5) is 12.4. The molecule has 6 heteroatoms. The molecule has 0 aliphatic carbocycles. The normalized spacial score (nSPS) is 10.9. The van der Waals surface area contributed by atoms with Crippen molar-refractivity contribution in [3.05, 3.63) is 63.1 Å². The van der Waals surface area contributed by atoms with Crippen LogP contribution in [0.3, 0.4) is 0 Å². The van der Waals surface area contributed by atoms with Gasteiger partial charge in [-0.2, -0.15) is 5.26 Å². The number of anilines is 1. The third-order valence-electron chi connectivity index (χ3n) is 3.30. The monoisotopic (exact) mass is 360 g/mol. The largest absolute Gasteiger partial charge is 0.495 e. The van der Waals surface area contributed by atoms with Crippen LogP contribution in [0.2, 0.25) is 10.0 Å². The zero-order valence-electron chi connectivity index (χ0n) is 13.1. The quantitative estimate of drug-likeness (QED) is 0.625. The number of nitrogens with one attached hydrogen (secondary N) is 1. The molecule has 2 rings (SSSR count). The maximum atomic E-state index is 12.4. The number of benzene rings is 2. The highest BCUT2D eigenvalue weighted by Gasteiger charge is 2.14. The Kier molecular flexibility index (Phi) is 5.86. The summed E-state index contributed by atoms with van der Waals surface area (Å²) < 4.78 is 5.21. The third kappa shape index (κ3) is 4.08. The van der Waals surface area contributed by atoms with Crippen molar-refractivity contribution in [2.75, 3.05) is 12.4 Å². The van der Waals surface area contributed by atoms with Crippen LogP contribution in [0.15, 0.2) is 42.0 Å². The number of aryl methyl sites for hydroxylation is 1. The first-order valence-electron chi connectivity index (χ1n) is 6.98. The number of carbonyl (C=O) groups excluding carboxylic acids is 1. The Morgan fingerprint density at radius 2 is 1.96 bits per heavy atom. The van der Waals surface area contributed by atoms with E-state index < -0.39 is 5.91 Å². The maximum absolute atomic E-state index is 12.4. The van der Waals surface area contributed by atoms with Crippen molar-refractivity contribution in [3.63, 3.8) is 0 Å². The van der Waals surface area contributed by atoms with Crippen LogP contribution in [0.1, 0.15) is 11.1 Å². The summed E-state index contributed by atoms with van der Waals surface area (Å²) in [5.41, 5.74) is 1.73. The minimum Gasteiger partial charge on any atom is -0.495 e. The highest BCUT2D eigenvalue weighted by atomic mass is 35.5. The van der Waals surface area contributed by atoms with E-state index in [1.54, 1.807) is 36.4 Å². The number of rotatable bonds is 4. The molecule has 0 unspecified atom stereocenters. The van der Waals surface area contributed by atoms with Crippen LogP contribution in [0, 0.1) is 18.3 Å². The average molecular weight is 361 g/mol. The molecule has 0 atom stereocenters. The van der Waals surface area contributed by atoms with E-state index in [-0.39, 0.29) is 5.57 Å². The zero-order chi connectivity index (χ0) is 17.7. The Labute approximate surface area is 150 Å². The van der Waals surface area contributed by atoms with Gasteiger partial charge in [0.05, 0.1) is 12.8 Å². The van der Waals surface area contributed by atoms with Gasteiger partial charge in [0.15, 0.2) is 0 Å². The van der Waals surface area contributed by atoms with E-state index in [4.69, 9.17) is 27.9 Å². The number of amides is 1. The molecular formula is C18H14Cl2N2O2. The Balaban J connectivity index is 2.33. The maximum Gasteiger partial charge on any atom is 0.266 e. The fraction of sp³-hybridized carbons (Fsp3) is 0.111. The van der Waals surface area contributed by atoms with E-state index in [2.05, 4.69) is 5.32 Å². The number of carbonyl (C=O) groups is 1. The van der Waals surface area contributed by atoms with E-state index in [9.17, 15) is 10.1 Å². The standard InChI is InChI=1S/C18H14Cl2N2O2/c1-11-7-16(17(24-2)9-15(11)20)22-18(23)13(10-21)8-12-5-3-4-6-14(12)19/h3-9H,1-2H3,(H,22,23)/b13-8+. The molecule has 1 amide bonds. The topological polar surface area (TPSA) is 62.1 Å². The fourth-order valence-electron chi connectivity index (χ4n) is 2.02. The molecule has 0 saturated heterocycles. The smallest absolute Gasteiger partial charge is 0.266 e. The molecule has 0 aromatic heterocycles. The third-order valence-corrected chi connectivity index (χ3v) is 4.05. The first-order valence-corrected chi connectivity index (χ1v) is 7.73. The summed E-state index contributed by atoms with van der Waals surface area (Å²) in [7, 11) is 1.47. The highest BCUT2D eigenvalue weighted by molar-refractivity contribution is 6.32. The first-order chi connectivity index (χ1) is 11.5. The molecule has 0 spiro atoms. The lowest BCUT2D eigenvalue weighted by Gasteiger charge is -2.12. The molecule has 4 nitrogen and oxygen atoms in total. The Morgan fingerprint density at radius 3 is 2.58 bits per heavy atom. The lowest BCUT2D eigenvalue weighted by molar-refractivity contribution is -0.112. The molecule has 24 heavy (non-hydrogen) atoms. The van der Waals surface area contributed by atoms with Crippen molar-refractivity contribution in [1.82, 2.24) is 0 Å². The number of nitrogens with zero attached hydrogens (tertiary/aromatic N) is 1. The zero-order valence-corrected chi connectivity index (χ0v) is 14.6. The predicted molar refractivity (Wildman–Crippen MR) is 96.4 cm³/mol. The summed E-state index contributed by atoms with van der Waals surface area (Å²) in [6.07, 6.45) is 1.44. The predicted octanol–water partition coefficient (Wildman–Crippen LogP) is 4.86. The minimum atomic E-state index is -0.558. The van der Waals surface area contributed by atoms with Crippen molar-refractivity contribution in [2.24, 2.45) is 0 Å². The van der Waals surface area contributed by atoms with Gasteiger partial charge in [-0.1, -0.05) is 41.4 Å². The Bertz CT molecular complexity index is 855. The second kappa shape index (κ2) is 7.87. The van der Waals surface area contributed by atoms with Gasteiger partial charge in [0.25, 0.3) is 5.91 Å². The second-order valence-electron chi connectivity index (χ2n) is 4.95. The van der Waals surface area contributed by atoms with Crippen LogP contribution in [0.4, 0.5) is 5.69 Å². The molecule has 0 aliphatic heterocycles. The van der Waals surface area contributed by atoms with Gasteiger partial charge < -0.3 is 10.1 Å². The summed E-state index contributed by atoms with van der Waals surface area (Å²) >= 11 is 12.1. The molecule has 0 radical (unpaired) electrons. The van der Waals surface area contributed by atoms with Crippen molar-refractivity contribution in [1.29, 1.82) is 5.26 Å². The molecule has 0 fully saturated rings. The van der Waals surface area contributed by atoms with Crippen molar-refractivity contribution < 1.29 is 9.53 Å². The molecular weight excluding hydrogens is 347 g/mol. The minimum absolute atomic E-state index is 0.0715. The summed E-state index contributed by atoms with van der Waals surface area (Å²) in [6, 6.07) is 12.1. The first kappa shape index (κ1) is 17.9. The van der Waals surface area contributed by atoms with E-state index in [1.807, 2.05) is 13.0 Å². The highest BCUT2D eigenvalue weighted by Crippen LogP contribution is 2.31. The van der Waals surface area contributed by atoms with Crippen LogP contribution in [0.5, 0.6) is 5.75 Å². The summed E-state index contributed by atoms with van der Waals surface area (Å²) in [5.74, 6) is -0.147. The van der Waals surface area contributed by atoms with Crippen molar-refractivity contribution in [2.45, 2.75) is 6.92 Å². The van der Waals surface area contributed by atoms with Crippen LogP contribution in [0.25, 0.3) is 6.08 Å². The molecule has 0 aliphatic rings. The van der Waals surface area contributed by atoms with Crippen LogP contribution < -0.4 is 10.1 Å². The van der Waals surface area contributed by atoms with E-state index in [0.717, 1.165) is 5.56 Å². The average Bonchev–Trinajstić information content (AvgIpc) is 2.57. The number of nitriles is 1. The second-order valence-corrected chi connectivity index (χ2v) is 5.76. The van der Waals surface area contributed by atoms with Gasteiger partial charge in [0.2, 0.25) is 0 Å². The lowest BCUT2D eigenvalue weighted by Crippen LogP contribution is -2.14. The van der Waals surface area contributed by atoms with Crippen molar-refractivity contribution in [3.8, 4) is 11.8 Å². The molecule has 0 bridgehead atoms. The molecule has 1 N–H and O–H groups in total. The van der Waals surface area contributed by atoms with Gasteiger partial charge >= 0.3 is 0 Å². The number of halogens is 2. The van der Waals surface area contributed by atoms with Crippen molar-refractivity contribution >= 4 is 40.9 Å². The van der Waals surface area contributed by atoms with Crippen LogP contribution >= 0.6 is 23.2 Å². The van der Waals surface area contributed by atoms with Gasteiger partial charge in [-0.05, 0) is 36.3 Å². The molecule has 0 heterocycles. The van der Waals surface area contributed by atoms with E-state index >= 15 is 0 Å². The molecule has 0 saturated carbocycles. The van der Waals surface area contributed by atoms with E-state index in [0.29, 0.717) is 27.0 Å². The van der Waals surface area contributed by atoms with E-state index in [1.165, 1.54) is 13.2 Å². The fourth-order valence-corrected chi connectivity index (χ4v) is 2.36. The van der Waals surface area contributed by atoms with Gasteiger partial charge in [0, 0.05) is 16.1 Å². The molecule has 2 aromatic rings. The van der Waals surface area contributed by atoms with Gasteiger partial charge in [-0.25, -0.2) is 0 Å². The SMILES string of the molecule is COc1cc(Cl)c(C)cc1NC(=O)/C(C#N)=C/c1ccccc1Cl. The summed E-state index contributed by atoms with van der Waals surface area (Å²) in [6.45, 7) is 1.81. The van der Waals surface area contributed by atoms with Gasteiger partial charge in [-0.15, -0.1) is 0 Å². The number of hydrogen-bond acceptors (Lipinski definition) is 3. The van der Waals surface area contributed by atoms with Gasteiger partial charge in [-0.3, -0.25) is 4.79 Å². The number of hydrogen-bond donors (Lipinski definition) is 1. The molecule has 122 valence electrons. The Hall–Kier alpha value is -2.48. The molecule has 2 aromatic carbocycles. The van der Waals surface area contributed by atoms with Crippen LogP contribution in [-0.2, 0) is 4.79 Å². The Morgan fingerprint density at radius 1 is 1.25 bits per heavy atom. The number of ether oxygens (including phenoxy) is 1. The van der Waals surface area contributed by atoms with Crippen LogP contribution in [-0.4, -0.2) is 13.0 Å².